The number of hydrogen-bond acceptors (Lipinski definition) is 4. The average molecular weight is 375 g/mol. The van der Waals surface area contributed by atoms with E-state index in [1.165, 1.54) is 0 Å². The summed E-state index contributed by atoms with van der Waals surface area (Å²) in [6, 6.07) is 12.1. The second kappa shape index (κ2) is 7.19. The van der Waals surface area contributed by atoms with Gasteiger partial charge in [-0.3, -0.25) is 9.69 Å². The Morgan fingerprint density at radius 3 is 2.30 bits per heavy atom. The molecular formula is C17H19BrN4O. The van der Waals surface area contributed by atoms with Crippen LogP contribution in [0.1, 0.15) is 12.6 Å². The third-order valence-corrected chi connectivity index (χ3v) is 4.59. The molecule has 120 valence electrons. The van der Waals surface area contributed by atoms with E-state index in [9.17, 15) is 4.79 Å². The summed E-state index contributed by atoms with van der Waals surface area (Å²) in [5.41, 5.74) is 2.90. The van der Waals surface area contributed by atoms with Crippen LogP contribution < -0.4 is 0 Å². The van der Waals surface area contributed by atoms with Crippen molar-refractivity contribution in [1.82, 2.24) is 20.0 Å². The summed E-state index contributed by atoms with van der Waals surface area (Å²) >= 11 is 3.43. The molecular weight excluding hydrogens is 356 g/mol. The Morgan fingerprint density at radius 1 is 1.04 bits per heavy atom. The third-order valence-electron chi connectivity index (χ3n) is 4.06. The Balaban J connectivity index is 1.60. The highest BCUT2D eigenvalue weighted by Crippen LogP contribution is 2.19. The van der Waals surface area contributed by atoms with Crippen LogP contribution in [0.4, 0.5) is 0 Å². The zero-order valence-corrected chi connectivity index (χ0v) is 14.7. The molecule has 3 rings (SSSR count). The van der Waals surface area contributed by atoms with E-state index in [-0.39, 0.29) is 5.91 Å². The maximum Gasteiger partial charge on any atom is 0.219 e. The molecule has 1 amide bonds. The molecule has 1 aliphatic rings. The molecule has 1 fully saturated rings. The molecule has 23 heavy (non-hydrogen) atoms. The highest BCUT2D eigenvalue weighted by atomic mass is 79.9. The fourth-order valence-corrected chi connectivity index (χ4v) is 2.93. The van der Waals surface area contributed by atoms with Crippen molar-refractivity contribution in [3.8, 4) is 11.3 Å². The molecule has 2 aromatic rings. The van der Waals surface area contributed by atoms with Gasteiger partial charge in [-0.25, -0.2) is 0 Å². The Bertz CT molecular complexity index is 664. The third kappa shape index (κ3) is 4.14. The lowest BCUT2D eigenvalue weighted by Crippen LogP contribution is -2.47. The van der Waals surface area contributed by atoms with Gasteiger partial charge in [-0.15, -0.1) is 0 Å². The van der Waals surface area contributed by atoms with E-state index in [1.54, 1.807) is 6.92 Å². The fraction of sp³-hybridized carbons (Fsp3) is 0.353. The summed E-state index contributed by atoms with van der Waals surface area (Å²) in [4.78, 5) is 15.5. The second-order valence-electron chi connectivity index (χ2n) is 5.70. The van der Waals surface area contributed by atoms with Crippen LogP contribution in [0.3, 0.4) is 0 Å². The van der Waals surface area contributed by atoms with Crippen LogP contribution in [0, 0.1) is 0 Å². The molecule has 0 spiro atoms. The molecule has 0 unspecified atom stereocenters. The van der Waals surface area contributed by atoms with Crippen molar-refractivity contribution in [2.24, 2.45) is 0 Å². The van der Waals surface area contributed by atoms with Gasteiger partial charge in [0.25, 0.3) is 0 Å². The molecule has 6 heteroatoms. The van der Waals surface area contributed by atoms with E-state index < -0.39 is 0 Å². The van der Waals surface area contributed by atoms with E-state index in [4.69, 9.17) is 0 Å². The van der Waals surface area contributed by atoms with Gasteiger partial charge in [0.15, 0.2) is 0 Å². The van der Waals surface area contributed by atoms with Crippen molar-refractivity contribution in [2.45, 2.75) is 13.5 Å². The number of nitrogens with zero attached hydrogens (tertiary/aromatic N) is 4. The summed E-state index contributed by atoms with van der Waals surface area (Å²) in [5.74, 6) is 0.156. The van der Waals surface area contributed by atoms with Crippen molar-refractivity contribution >= 4 is 21.8 Å². The summed E-state index contributed by atoms with van der Waals surface area (Å²) < 4.78 is 1.05. The van der Waals surface area contributed by atoms with Crippen LogP contribution in [0.15, 0.2) is 40.9 Å². The highest BCUT2D eigenvalue weighted by Gasteiger charge is 2.18. The number of carbonyl (C=O) groups is 1. The summed E-state index contributed by atoms with van der Waals surface area (Å²) in [7, 11) is 0. The highest BCUT2D eigenvalue weighted by molar-refractivity contribution is 9.10. The Labute approximate surface area is 144 Å². The van der Waals surface area contributed by atoms with E-state index in [1.807, 2.05) is 41.3 Å². The number of amides is 1. The summed E-state index contributed by atoms with van der Waals surface area (Å²) in [5, 5.41) is 8.67. The van der Waals surface area contributed by atoms with Gasteiger partial charge in [0.05, 0.1) is 11.4 Å². The van der Waals surface area contributed by atoms with E-state index in [2.05, 4.69) is 31.0 Å². The van der Waals surface area contributed by atoms with Gasteiger partial charge in [-0.1, -0.05) is 28.1 Å². The quantitative estimate of drug-likeness (QED) is 0.828. The standard InChI is InChI=1S/C17H19BrN4O/c1-13(23)22-10-8-21(9-11-22)12-16-6-7-17(20-19-16)14-2-4-15(18)5-3-14/h2-7H,8-12H2,1H3. The van der Waals surface area contributed by atoms with Crippen LogP contribution in [0.2, 0.25) is 0 Å². The van der Waals surface area contributed by atoms with Crippen molar-refractivity contribution < 1.29 is 4.79 Å². The minimum atomic E-state index is 0.156. The number of carbonyl (C=O) groups excluding carboxylic acids is 1. The number of piperazine rings is 1. The zero-order chi connectivity index (χ0) is 16.2. The molecule has 0 saturated carbocycles. The van der Waals surface area contributed by atoms with Gasteiger partial charge < -0.3 is 4.90 Å². The fourth-order valence-electron chi connectivity index (χ4n) is 2.67. The molecule has 5 nitrogen and oxygen atoms in total. The van der Waals surface area contributed by atoms with Gasteiger partial charge in [0.1, 0.15) is 0 Å². The predicted octanol–water partition coefficient (Wildman–Crippen LogP) is 2.57. The largest absolute Gasteiger partial charge is 0.340 e. The molecule has 0 N–H and O–H groups in total. The summed E-state index contributed by atoms with van der Waals surface area (Å²) in [6.07, 6.45) is 0. The Morgan fingerprint density at radius 2 is 1.74 bits per heavy atom. The van der Waals surface area contributed by atoms with Gasteiger partial charge in [-0.05, 0) is 24.3 Å². The Hall–Kier alpha value is -1.79. The van der Waals surface area contributed by atoms with Crippen LogP contribution >= 0.6 is 15.9 Å². The maximum absolute atomic E-state index is 11.3. The van der Waals surface area contributed by atoms with Crippen LogP contribution in [-0.4, -0.2) is 52.1 Å². The smallest absolute Gasteiger partial charge is 0.219 e. The van der Waals surface area contributed by atoms with Gasteiger partial charge >= 0.3 is 0 Å². The van der Waals surface area contributed by atoms with E-state index >= 15 is 0 Å². The van der Waals surface area contributed by atoms with Crippen LogP contribution in [0.25, 0.3) is 11.3 Å². The van der Waals surface area contributed by atoms with Crippen molar-refractivity contribution in [3.63, 3.8) is 0 Å². The van der Waals surface area contributed by atoms with Gasteiger partial charge in [0.2, 0.25) is 5.91 Å². The lowest BCUT2D eigenvalue weighted by Gasteiger charge is -2.33. The number of rotatable bonds is 3. The molecule has 0 atom stereocenters. The van der Waals surface area contributed by atoms with Crippen LogP contribution in [-0.2, 0) is 11.3 Å². The molecule has 1 aliphatic heterocycles. The lowest BCUT2D eigenvalue weighted by atomic mass is 10.1. The predicted molar refractivity (Wildman–Crippen MR) is 92.7 cm³/mol. The van der Waals surface area contributed by atoms with Gasteiger partial charge in [0, 0.05) is 49.7 Å². The maximum atomic E-state index is 11.3. The number of aromatic nitrogens is 2. The molecule has 0 bridgehead atoms. The molecule has 1 aromatic carbocycles. The van der Waals surface area contributed by atoms with Gasteiger partial charge in [-0.2, -0.15) is 10.2 Å². The van der Waals surface area contributed by atoms with E-state index in [0.29, 0.717) is 0 Å². The molecule has 1 saturated heterocycles. The SMILES string of the molecule is CC(=O)N1CCN(Cc2ccc(-c3ccc(Br)cc3)nn2)CC1. The minimum absolute atomic E-state index is 0.156. The number of halogens is 1. The lowest BCUT2D eigenvalue weighted by molar-refractivity contribution is -0.130. The van der Waals surface area contributed by atoms with Crippen LogP contribution in [0.5, 0.6) is 0 Å². The number of hydrogen-bond donors (Lipinski definition) is 0. The molecule has 0 radical (unpaired) electrons. The normalized spacial score (nSPS) is 15.7. The molecule has 0 aliphatic carbocycles. The first-order valence-corrected chi connectivity index (χ1v) is 8.47. The first kappa shape index (κ1) is 16.1. The summed E-state index contributed by atoms with van der Waals surface area (Å²) in [6.45, 7) is 5.76. The minimum Gasteiger partial charge on any atom is -0.340 e. The first-order valence-electron chi connectivity index (χ1n) is 7.68. The zero-order valence-electron chi connectivity index (χ0n) is 13.1. The number of benzene rings is 1. The van der Waals surface area contributed by atoms with Crippen molar-refractivity contribution in [1.29, 1.82) is 0 Å². The van der Waals surface area contributed by atoms with Crippen molar-refractivity contribution in [3.05, 3.63) is 46.6 Å². The second-order valence-corrected chi connectivity index (χ2v) is 6.61. The molecule has 1 aromatic heterocycles. The monoisotopic (exact) mass is 374 g/mol. The average Bonchev–Trinajstić information content (AvgIpc) is 2.57. The van der Waals surface area contributed by atoms with E-state index in [0.717, 1.165) is 54.1 Å². The first-order chi connectivity index (χ1) is 11.1. The topological polar surface area (TPSA) is 49.3 Å². The molecule has 2 heterocycles. The van der Waals surface area contributed by atoms with Crippen molar-refractivity contribution in [2.75, 3.05) is 26.2 Å². The Kier molecular flexibility index (Phi) is 5.03.